The average molecular weight is 323 g/mol. The summed E-state index contributed by atoms with van der Waals surface area (Å²) in [7, 11) is 0. The molecule has 0 aliphatic rings. The molecule has 0 unspecified atom stereocenters. The van der Waals surface area contributed by atoms with Crippen molar-refractivity contribution in [3.63, 3.8) is 0 Å². The third-order valence-electron chi connectivity index (χ3n) is 3.46. The number of amides is 1. The van der Waals surface area contributed by atoms with Gasteiger partial charge in [-0.3, -0.25) is 9.59 Å². The van der Waals surface area contributed by atoms with Gasteiger partial charge in [-0.2, -0.15) is 0 Å². The molecular weight excluding hydrogens is 302 g/mol. The number of hydrogen-bond acceptors (Lipinski definition) is 3. The first-order valence-corrected chi connectivity index (χ1v) is 7.96. The third-order valence-corrected chi connectivity index (χ3v) is 3.46. The third kappa shape index (κ3) is 4.81. The largest absolute Gasteiger partial charge is 0.457 e. The number of unbranched alkanes of at least 4 members (excludes halogenated alkanes) is 1. The van der Waals surface area contributed by atoms with Gasteiger partial charge in [0.1, 0.15) is 11.5 Å². The molecule has 4 nitrogen and oxygen atoms in total. The fourth-order valence-corrected chi connectivity index (χ4v) is 2.06. The zero-order valence-corrected chi connectivity index (χ0v) is 13.7. The molecule has 0 spiro atoms. The van der Waals surface area contributed by atoms with Crippen molar-refractivity contribution in [2.24, 2.45) is 0 Å². The smallest absolute Gasteiger partial charge is 0.254 e. The molecule has 0 aliphatic heterocycles. The van der Waals surface area contributed by atoms with Crippen molar-refractivity contribution in [2.45, 2.75) is 19.8 Å². The van der Waals surface area contributed by atoms with Crippen molar-refractivity contribution in [3.8, 4) is 11.5 Å². The summed E-state index contributed by atoms with van der Waals surface area (Å²) in [6.07, 6.45) is 1.85. The minimum atomic E-state index is -0.418. The van der Waals surface area contributed by atoms with Crippen LogP contribution in [0.3, 0.4) is 0 Å². The van der Waals surface area contributed by atoms with Crippen LogP contribution >= 0.6 is 0 Å². The number of ketones is 1. The fourth-order valence-electron chi connectivity index (χ4n) is 2.06. The van der Waals surface area contributed by atoms with Crippen molar-refractivity contribution in [3.05, 3.63) is 72.3 Å². The van der Waals surface area contributed by atoms with Gasteiger partial charge in [-0.1, -0.05) is 38.1 Å². The van der Waals surface area contributed by atoms with Gasteiger partial charge in [0.15, 0.2) is 5.78 Å². The van der Waals surface area contributed by atoms with Crippen LogP contribution in [0.1, 0.15) is 30.1 Å². The molecule has 0 radical (unpaired) electrons. The van der Waals surface area contributed by atoms with Crippen LogP contribution in [0, 0.1) is 0 Å². The molecule has 0 atom stereocenters. The Bertz CT molecular complexity index is 705. The Balaban J connectivity index is 1.98. The Morgan fingerprint density at radius 3 is 2.25 bits per heavy atom. The van der Waals surface area contributed by atoms with Gasteiger partial charge < -0.3 is 10.1 Å². The van der Waals surface area contributed by atoms with Crippen LogP contribution < -0.4 is 10.1 Å². The van der Waals surface area contributed by atoms with Gasteiger partial charge in [-0.05, 0) is 42.8 Å². The molecule has 4 heteroatoms. The second-order valence-corrected chi connectivity index (χ2v) is 5.36. The van der Waals surface area contributed by atoms with Crippen LogP contribution in [0.2, 0.25) is 0 Å². The minimum Gasteiger partial charge on any atom is -0.457 e. The number of para-hydroxylation sites is 1. The first-order chi connectivity index (χ1) is 11.6. The molecule has 2 rings (SSSR count). The molecular formula is C20H21NO3. The predicted octanol–water partition coefficient (Wildman–Crippen LogP) is 4.13. The first-order valence-electron chi connectivity index (χ1n) is 7.96. The van der Waals surface area contributed by atoms with Gasteiger partial charge >= 0.3 is 0 Å². The summed E-state index contributed by atoms with van der Waals surface area (Å²) in [6.45, 7) is 6.19. The number of carbonyl (C=O) groups is 2. The SMILES string of the molecule is C=C(C(=O)NCCCC)C(=O)c1ccc(Oc2ccccc2)cc1. The predicted molar refractivity (Wildman–Crippen MR) is 94.3 cm³/mol. The lowest BCUT2D eigenvalue weighted by atomic mass is 10.0. The number of benzene rings is 2. The van der Waals surface area contributed by atoms with Gasteiger partial charge in [0.05, 0.1) is 5.57 Å². The summed E-state index contributed by atoms with van der Waals surface area (Å²) in [4.78, 5) is 24.2. The number of nitrogens with one attached hydrogen (secondary N) is 1. The van der Waals surface area contributed by atoms with Gasteiger partial charge in [-0.15, -0.1) is 0 Å². The van der Waals surface area contributed by atoms with E-state index >= 15 is 0 Å². The second-order valence-electron chi connectivity index (χ2n) is 5.36. The van der Waals surface area contributed by atoms with Crippen molar-refractivity contribution in [1.29, 1.82) is 0 Å². The lowest BCUT2D eigenvalue weighted by Crippen LogP contribution is -2.28. The van der Waals surface area contributed by atoms with Crippen molar-refractivity contribution >= 4 is 11.7 Å². The summed E-state index contributed by atoms with van der Waals surface area (Å²) in [5.74, 6) is 0.542. The van der Waals surface area contributed by atoms with E-state index < -0.39 is 5.91 Å². The number of hydrogen-bond donors (Lipinski definition) is 1. The monoisotopic (exact) mass is 323 g/mol. The summed E-state index contributed by atoms with van der Waals surface area (Å²) in [5.41, 5.74) is 0.355. The summed E-state index contributed by atoms with van der Waals surface area (Å²) < 4.78 is 5.67. The van der Waals surface area contributed by atoms with Gasteiger partial charge in [0, 0.05) is 12.1 Å². The highest BCUT2D eigenvalue weighted by Crippen LogP contribution is 2.21. The van der Waals surface area contributed by atoms with Crippen LogP contribution in [0.5, 0.6) is 11.5 Å². The Morgan fingerprint density at radius 2 is 1.62 bits per heavy atom. The molecule has 0 bridgehead atoms. The molecule has 124 valence electrons. The molecule has 2 aromatic carbocycles. The van der Waals surface area contributed by atoms with E-state index in [2.05, 4.69) is 11.9 Å². The zero-order valence-electron chi connectivity index (χ0n) is 13.7. The highest BCUT2D eigenvalue weighted by molar-refractivity contribution is 6.25. The van der Waals surface area contributed by atoms with Crippen LogP contribution in [-0.4, -0.2) is 18.2 Å². The maximum Gasteiger partial charge on any atom is 0.254 e. The van der Waals surface area contributed by atoms with E-state index in [0.717, 1.165) is 18.6 Å². The van der Waals surface area contributed by atoms with Crippen LogP contribution in [0.25, 0.3) is 0 Å². The van der Waals surface area contributed by atoms with E-state index in [-0.39, 0.29) is 11.4 Å². The fraction of sp³-hybridized carbons (Fsp3) is 0.200. The highest BCUT2D eigenvalue weighted by Gasteiger charge is 2.17. The van der Waals surface area contributed by atoms with Gasteiger partial charge in [-0.25, -0.2) is 0 Å². The number of rotatable bonds is 8. The molecule has 1 N–H and O–H groups in total. The minimum absolute atomic E-state index is 0.0529. The Morgan fingerprint density at radius 1 is 1.00 bits per heavy atom. The zero-order chi connectivity index (χ0) is 17.4. The topological polar surface area (TPSA) is 55.4 Å². The summed E-state index contributed by atoms with van der Waals surface area (Å²) in [6, 6.07) is 16.0. The van der Waals surface area contributed by atoms with Crippen LogP contribution in [0.15, 0.2) is 66.7 Å². The second kappa shape index (κ2) is 8.67. The van der Waals surface area contributed by atoms with E-state index in [1.807, 2.05) is 37.3 Å². The Hall–Kier alpha value is -2.88. The molecule has 0 fully saturated rings. The van der Waals surface area contributed by atoms with E-state index in [0.29, 0.717) is 17.9 Å². The van der Waals surface area contributed by atoms with E-state index in [1.54, 1.807) is 24.3 Å². The average Bonchev–Trinajstić information content (AvgIpc) is 2.62. The quantitative estimate of drug-likeness (QED) is 0.261. The molecule has 0 saturated carbocycles. The molecule has 1 amide bonds. The van der Waals surface area contributed by atoms with E-state index in [1.165, 1.54) is 0 Å². The number of carbonyl (C=O) groups excluding carboxylic acids is 2. The number of ether oxygens (including phenoxy) is 1. The number of Topliss-reactive ketones (excluding diaryl/α,β-unsaturated/α-hetero) is 1. The summed E-state index contributed by atoms with van der Waals surface area (Å²) >= 11 is 0. The van der Waals surface area contributed by atoms with E-state index in [9.17, 15) is 9.59 Å². The standard InChI is InChI=1S/C20H21NO3/c1-3-4-14-21-20(23)15(2)19(22)16-10-12-18(13-11-16)24-17-8-6-5-7-9-17/h5-13H,2-4,14H2,1H3,(H,21,23). The van der Waals surface area contributed by atoms with Crippen molar-refractivity contribution in [2.75, 3.05) is 6.54 Å². The maximum atomic E-state index is 12.3. The maximum absolute atomic E-state index is 12.3. The van der Waals surface area contributed by atoms with E-state index in [4.69, 9.17) is 4.74 Å². The molecule has 0 aliphatic carbocycles. The van der Waals surface area contributed by atoms with Crippen LogP contribution in [-0.2, 0) is 4.79 Å². The van der Waals surface area contributed by atoms with Gasteiger partial charge in [0.2, 0.25) is 0 Å². The Kier molecular flexibility index (Phi) is 6.32. The molecule has 0 saturated heterocycles. The molecule has 0 aromatic heterocycles. The van der Waals surface area contributed by atoms with Gasteiger partial charge in [0.25, 0.3) is 5.91 Å². The lowest BCUT2D eigenvalue weighted by Gasteiger charge is -2.08. The Labute approximate surface area is 142 Å². The van der Waals surface area contributed by atoms with Crippen molar-refractivity contribution < 1.29 is 14.3 Å². The molecule has 24 heavy (non-hydrogen) atoms. The molecule has 0 heterocycles. The highest BCUT2D eigenvalue weighted by atomic mass is 16.5. The van der Waals surface area contributed by atoms with Crippen molar-refractivity contribution in [1.82, 2.24) is 5.32 Å². The lowest BCUT2D eigenvalue weighted by molar-refractivity contribution is -0.117. The molecule has 2 aromatic rings. The summed E-state index contributed by atoms with van der Waals surface area (Å²) in [5, 5.41) is 2.69. The first kappa shape index (κ1) is 17.5. The van der Waals surface area contributed by atoms with Crippen LogP contribution in [0.4, 0.5) is 0 Å². The normalized spacial score (nSPS) is 10.0.